The van der Waals surface area contributed by atoms with Crippen LogP contribution >= 0.6 is 0 Å². The molecule has 1 aromatic carbocycles. The van der Waals surface area contributed by atoms with Gasteiger partial charge in [0.25, 0.3) is 0 Å². The van der Waals surface area contributed by atoms with Crippen molar-refractivity contribution >= 4 is 31.6 Å². The molecular formula is C19H31BN2O3Si. The first-order valence-corrected chi connectivity index (χ1v) is 13.1. The number of ether oxygens (including phenoxy) is 1. The molecule has 5 nitrogen and oxygen atoms in total. The van der Waals surface area contributed by atoms with Crippen molar-refractivity contribution in [1.29, 1.82) is 0 Å². The van der Waals surface area contributed by atoms with Crippen molar-refractivity contribution in [1.82, 2.24) is 9.78 Å². The number of aromatic nitrogens is 2. The second kappa shape index (κ2) is 6.78. The van der Waals surface area contributed by atoms with Crippen molar-refractivity contribution in [2.75, 3.05) is 6.61 Å². The average Bonchev–Trinajstić information content (AvgIpc) is 3.01. The molecule has 1 aliphatic rings. The van der Waals surface area contributed by atoms with Gasteiger partial charge in [-0.25, -0.2) is 4.68 Å². The molecule has 0 radical (unpaired) electrons. The molecule has 2 aromatic rings. The predicted octanol–water partition coefficient (Wildman–Crippen LogP) is 3.65. The minimum Gasteiger partial charge on any atom is -0.399 e. The zero-order valence-electron chi connectivity index (χ0n) is 17.1. The van der Waals surface area contributed by atoms with Crippen LogP contribution in [-0.2, 0) is 20.8 Å². The van der Waals surface area contributed by atoms with Crippen LogP contribution in [0.4, 0.5) is 0 Å². The van der Waals surface area contributed by atoms with E-state index in [1.807, 2.05) is 16.9 Å². The van der Waals surface area contributed by atoms with E-state index in [9.17, 15) is 0 Å². The largest absolute Gasteiger partial charge is 0.495 e. The topological polar surface area (TPSA) is 45.5 Å². The summed E-state index contributed by atoms with van der Waals surface area (Å²) in [6.07, 6.45) is 1.89. The van der Waals surface area contributed by atoms with E-state index in [0.717, 1.165) is 29.0 Å². The lowest BCUT2D eigenvalue weighted by molar-refractivity contribution is 0.00578. The van der Waals surface area contributed by atoms with Crippen LogP contribution in [0.3, 0.4) is 0 Å². The third-order valence-corrected chi connectivity index (χ3v) is 7.14. The highest BCUT2D eigenvalue weighted by Crippen LogP contribution is 2.37. The number of fused-ring (bicyclic) bond motifs is 1. The third kappa shape index (κ3) is 3.91. The van der Waals surface area contributed by atoms with Crippen LogP contribution < -0.4 is 5.46 Å². The Kier molecular flexibility index (Phi) is 5.12. The van der Waals surface area contributed by atoms with E-state index in [4.69, 9.17) is 14.0 Å². The fourth-order valence-electron chi connectivity index (χ4n) is 2.93. The Balaban J connectivity index is 1.77. The summed E-state index contributed by atoms with van der Waals surface area (Å²) in [7, 11) is -1.46. The molecule has 0 amide bonds. The van der Waals surface area contributed by atoms with Crippen LogP contribution in [0, 0.1) is 0 Å². The van der Waals surface area contributed by atoms with Crippen molar-refractivity contribution < 1.29 is 14.0 Å². The van der Waals surface area contributed by atoms with Crippen LogP contribution in [0.5, 0.6) is 0 Å². The Labute approximate surface area is 158 Å². The van der Waals surface area contributed by atoms with Gasteiger partial charge in [0.05, 0.1) is 22.9 Å². The number of benzene rings is 1. The molecule has 0 bridgehead atoms. The van der Waals surface area contributed by atoms with Gasteiger partial charge >= 0.3 is 7.12 Å². The normalized spacial score (nSPS) is 19.4. The fraction of sp³-hybridized carbons (Fsp3) is 0.632. The van der Waals surface area contributed by atoms with Gasteiger partial charge in [0.2, 0.25) is 0 Å². The number of nitrogens with zero attached hydrogens (tertiary/aromatic N) is 2. The molecule has 1 saturated heterocycles. The Bertz CT molecular complexity index is 767. The molecule has 7 heteroatoms. The van der Waals surface area contributed by atoms with Crippen LogP contribution in [0.15, 0.2) is 24.4 Å². The number of hydrogen-bond donors (Lipinski definition) is 0. The molecule has 0 saturated carbocycles. The number of hydrogen-bond acceptors (Lipinski definition) is 4. The maximum absolute atomic E-state index is 6.22. The van der Waals surface area contributed by atoms with Crippen molar-refractivity contribution in [2.24, 2.45) is 0 Å². The number of rotatable bonds is 6. The molecule has 0 unspecified atom stereocenters. The van der Waals surface area contributed by atoms with E-state index < -0.39 is 8.07 Å². The van der Waals surface area contributed by atoms with Gasteiger partial charge in [0.1, 0.15) is 6.73 Å². The van der Waals surface area contributed by atoms with Gasteiger partial charge in [-0.1, -0.05) is 31.8 Å². The monoisotopic (exact) mass is 374 g/mol. The van der Waals surface area contributed by atoms with Crippen molar-refractivity contribution in [3.8, 4) is 0 Å². The second-order valence-corrected chi connectivity index (χ2v) is 15.0. The molecule has 0 aliphatic carbocycles. The molecule has 0 spiro atoms. The summed E-state index contributed by atoms with van der Waals surface area (Å²) in [5.74, 6) is 0. The second-order valence-electron chi connectivity index (χ2n) is 9.36. The van der Waals surface area contributed by atoms with E-state index in [1.54, 1.807) is 0 Å². The van der Waals surface area contributed by atoms with E-state index in [0.29, 0.717) is 6.73 Å². The molecular weight excluding hydrogens is 343 g/mol. The van der Waals surface area contributed by atoms with E-state index in [2.05, 4.69) is 64.6 Å². The zero-order chi connectivity index (χ0) is 19.2. The summed E-state index contributed by atoms with van der Waals surface area (Å²) in [6, 6.07) is 7.32. The SMILES string of the molecule is CC1(C)OB(c2cccc3c2cnn3COCC[Si](C)(C)C)OC1(C)C. The lowest BCUT2D eigenvalue weighted by Crippen LogP contribution is -2.41. The molecule has 0 atom stereocenters. The Morgan fingerprint density at radius 3 is 2.38 bits per heavy atom. The van der Waals surface area contributed by atoms with Crippen molar-refractivity contribution in [2.45, 2.75) is 71.3 Å². The molecule has 1 aromatic heterocycles. The molecule has 2 heterocycles. The first-order chi connectivity index (χ1) is 12.0. The van der Waals surface area contributed by atoms with E-state index >= 15 is 0 Å². The lowest BCUT2D eigenvalue weighted by Gasteiger charge is -2.32. The first kappa shape index (κ1) is 19.6. The Morgan fingerprint density at radius 2 is 1.77 bits per heavy atom. The molecule has 26 heavy (non-hydrogen) atoms. The molecule has 142 valence electrons. The van der Waals surface area contributed by atoms with Gasteiger partial charge in [-0.15, -0.1) is 0 Å². The van der Waals surface area contributed by atoms with Gasteiger partial charge in [0.15, 0.2) is 0 Å². The van der Waals surface area contributed by atoms with Gasteiger partial charge in [-0.3, -0.25) is 0 Å². The van der Waals surface area contributed by atoms with E-state index in [1.165, 1.54) is 0 Å². The van der Waals surface area contributed by atoms with Gasteiger partial charge in [0, 0.05) is 20.1 Å². The smallest absolute Gasteiger partial charge is 0.399 e. The molecule has 3 rings (SSSR count). The van der Waals surface area contributed by atoms with E-state index in [-0.39, 0.29) is 18.3 Å². The van der Waals surface area contributed by atoms with Crippen LogP contribution in [-0.4, -0.2) is 42.8 Å². The van der Waals surface area contributed by atoms with Gasteiger partial charge in [-0.2, -0.15) is 5.10 Å². The maximum Gasteiger partial charge on any atom is 0.495 e. The minimum absolute atomic E-state index is 0.351. The standard InChI is InChI=1S/C19H31BN2O3Si/c1-18(2)19(3,4)25-20(24-18)16-9-8-10-17-15(16)13-21-22(17)14-23-11-12-26(5,6)7/h8-10,13H,11-12,14H2,1-7H3. The van der Waals surface area contributed by atoms with Crippen LogP contribution in [0.1, 0.15) is 27.7 Å². The Morgan fingerprint density at radius 1 is 1.12 bits per heavy atom. The summed E-state index contributed by atoms with van der Waals surface area (Å²) in [5, 5.41) is 5.58. The van der Waals surface area contributed by atoms with Crippen molar-refractivity contribution in [3.05, 3.63) is 24.4 Å². The summed E-state index contributed by atoms with van der Waals surface area (Å²) in [6.45, 7) is 16.6. The quantitative estimate of drug-likeness (QED) is 0.572. The first-order valence-electron chi connectivity index (χ1n) is 9.38. The summed E-state index contributed by atoms with van der Waals surface area (Å²) < 4.78 is 20.2. The highest BCUT2D eigenvalue weighted by atomic mass is 28.3. The predicted molar refractivity (Wildman–Crippen MR) is 110 cm³/mol. The lowest BCUT2D eigenvalue weighted by atomic mass is 9.77. The average molecular weight is 374 g/mol. The minimum atomic E-state index is -1.07. The molecule has 1 fully saturated rings. The summed E-state index contributed by atoms with van der Waals surface area (Å²) in [4.78, 5) is 0. The zero-order valence-corrected chi connectivity index (χ0v) is 18.1. The van der Waals surface area contributed by atoms with Gasteiger partial charge in [-0.05, 0) is 45.3 Å². The highest BCUT2D eigenvalue weighted by molar-refractivity contribution is 6.76. The molecule has 0 N–H and O–H groups in total. The summed E-state index contributed by atoms with van der Waals surface area (Å²) >= 11 is 0. The molecule has 1 aliphatic heterocycles. The fourth-order valence-corrected chi connectivity index (χ4v) is 3.69. The van der Waals surface area contributed by atoms with Crippen molar-refractivity contribution in [3.63, 3.8) is 0 Å². The maximum atomic E-state index is 6.22. The summed E-state index contributed by atoms with van der Waals surface area (Å²) in [5.41, 5.74) is 1.37. The van der Waals surface area contributed by atoms with Crippen LogP contribution in [0.25, 0.3) is 10.9 Å². The Hall–Kier alpha value is -1.15. The van der Waals surface area contributed by atoms with Gasteiger partial charge < -0.3 is 14.0 Å². The highest BCUT2D eigenvalue weighted by Gasteiger charge is 2.52. The third-order valence-electron chi connectivity index (χ3n) is 5.44. The van der Waals surface area contributed by atoms with Crippen LogP contribution in [0.2, 0.25) is 25.7 Å².